The molecular formula is C34H33F2N7O2. The maximum atomic E-state index is 16.1. The lowest BCUT2D eigenvalue weighted by Crippen LogP contribution is -2.49. The number of amides is 1. The summed E-state index contributed by atoms with van der Waals surface area (Å²) in [7, 11) is 0. The molecule has 1 saturated carbocycles. The summed E-state index contributed by atoms with van der Waals surface area (Å²) in [6.07, 6.45) is 9.23. The van der Waals surface area contributed by atoms with E-state index in [4.69, 9.17) is 9.97 Å². The maximum absolute atomic E-state index is 16.1. The molecule has 2 atom stereocenters. The zero-order valence-electron chi connectivity index (χ0n) is 25.1. The van der Waals surface area contributed by atoms with Crippen molar-refractivity contribution in [3.05, 3.63) is 94.7 Å². The van der Waals surface area contributed by atoms with Gasteiger partial charge in [0.2, 0.25) is 5.91 Å². The first-order valence-corrected chi connectivity index (χ1v) is 15.3. The van der Waals surface area contributed by atoms with E-state index in [-0.39, 0.29) is 40.8 Å². The van der Waals surface area contributed by atoms with Crippen LogP contribution in [-0.2, 0) is 11.2 Å². The number of hydrogen-bond donors (Lipinski definition) is 1. The van der Waals surface area contributed by atoms with Gasteiger partial charge in [-0.25, -0.2) is 23.1 Å². The summed E-state index contributed by atoms with van der Waals surface area (Å²) in [6, 6.07) is 7.51. The third kappa shape index (κ3) is 5.05. The second-order valence-corrected chi connectivity index (χ2v) is 12.0. The Morgan fingerprint density at radius 1 is 1.09 bits per heavy atom. The van der Waals surface area contributed by atoms with E-state index in [9.17, 15) is 9.59 Å². The van der Waals surface area contributed by atoms with Crippen LogP contribution in [-0.4, -0.2) is 62.0 Å². The van der Waals surface area contributed by atoms with Crippen LogP contribution in [0, 0.1) is 11.6 Å². The van der Waals surface area contributed by atoms with E-state index in [1.165, 1.54) is 22.8 Å². The number of nitrogens with zero attached hydrogens (tertiary/aromatic N) is 6. The van der Waals surface area contributed by atoms with Gasteiger partial charge in [-0.05, 0) is 67.2 Å². The van der Waals surface area contributed by atoms with Crippen molar-refractivity contribution in [1.29, 1.82) is 0 Å². The summed E-state index contributed by atoms with van der Waals surface area (Å²) >= 11 is 0. The van der Waals surface area contributed by atoms with E-state index in [1.807, 2.05) is 24.8 Å². The Balaban J connectivity index is 1.50. The van der Waals surface area contributed by atoms with Crippen LogP contribution < -0.4 is 15.9 Å². The van der Waals surface area contributed by atoms with Crippen molar-refractivity contribution in [2.45, 2.75) is 51.1 Å². The minimum Gasteiger partial charge on any atom is -0.385 e. The monoisotopic (exact) mass is 609 g/mol. The molecular weight excluding hydrogens is 576 g/mol. The summed E-state index contributed by atoms with van der Waals surface area (Å²) in [5, 5.41) is 3.59. The Hall–Kier alpha value is -4.93. The lowest BCUT2D eigenvalue weighted by atomic mass is 10.0. The molecule has 3 aromatic heterocycles. The van der Waals surface area contributed by atoms with Crippen LogP contribution in [0.15, 0.2) is 66.1 Å². The number of pyridine rings is 2. The maximum Gasteiger partial charge on any atom is 0.355 e. The van der Waals surface area contributed by atoms with Gasteiger partial charge in [0.1, 0.15) is 23.1 Å². The van der Waals surface area contributed by atoms with Gasteiger partial charge in [0.05, 0.1) is 28.9 Å². The second kappa shape index (κ2) is 11.2. The van der Waals surface area contributed by atoms with E-state index < -0.39 is 17.3 Å². The zero-order valence-corrected chi connectivity index (χ0v) is 25.1. The fraction of sp³-hybridized carbons (Fsp3) is 0.324. The molecule has 2 aliphatic heterocycles. The molecule has 2 unspecified atom stereocenters. The number of aromatic nitrogens is 4. The number of allylic oxidation sites excluding steroid dienone is 1. The third-order valence-corrected chi connectivity index (χ3v) is 8.76. The lowest BCUT2D eigenvalue weighted by molar-refractivity contribution is -0.126. The van der Waals surface area contributed by atoms with Gasteiger partial charge in [0.15, 0.2) is 5.65 Å². The van der Waals surface area contributed by atoms with Crippen LogP contribution in [0.1, 0.15) is 43.9 Å². The minimum atomic E-state index is -0.736. The number of halogens is 2. The van der Waals surface area contributed by atoms with E-state index in [2.05, 4.69) is 29.0 Å². The molecule has 1 aliphatic carbocycles. The van der Waals surface area contributed by atoms with Gasteiger partial charge in [-0.3, -0.25) is 9.78 Å². The summed E-state index contributed by atoms with van der Waals surface area (Å²) < 4.78 is 32.9. The lowest BCUT2D eigenvalue weighted by Gasteiger charge is -2.35. The van der Waals surface area contributed by atoms with Gasteiger partial charge >= 0.3 is 5.69 Å². The standard InChI is InChI=1S/C34H33F2N7O2/c1-4-29(44)41-12-13-42(27-17-26(27)41)32-23-16-25(36)31-22-15-21(9-10-24(22)35)37-11-7-5-6-8-20-14-28(30(19(2)3)38-18-20)43(33(23)39-31)34(45)40-32/h4-6,9-10,14-16,18-19,26-27,37H,1,7-8,11-13,17H2,2-3H3/b6-5+. The van der Waals surface area contributed by atoms with Crippen molar-refractivity contribution < 1.29 is 13.6 Å². The molecule has 2 fully saturated rings. The average molecular weight is 610 g/mol. The first kappa shape index (κ1) is 28.8. The van der Waals surface area contributed by atoms with E-state index >= 15 is 8.78 Å². The molecule has 9 nitrogen and oxygen atoms in total. The predicted molar refractivity (Wildman–Crippen MR) is 170 cm³/mol. The molecule has 230 valence electrons. The molecule has 6 bridgehead atoms. The number of nitrogens with one attached hydrogen (secondary N) is 1. The third-order valence-electron chi connectivity index (χ3n) is 8.76. The molecule has 1 aromatic carbocycles. The molecule has 4 aromatic rings. The largest absolute Gasteiger partial charge is 0.385 e. The van der Waals surface area contributed by atoms with Crippen molar-refractivity contribution in [3.63, 3.8) is 0 Å². The predicted octanol–water partition coefficient (Wildman–Crippen LogP) is 5.13. The van der Waals surface area contributed by atoms with Crippen molar-refractivity contribution in [2.75, 3.05) is 29.9 Å². The molecule has 1 amide bonds. The van der Waals surface area contributed by atoms with Gasteiger partial charge < -0.3 is 15.1 Å². The van der Waals surface area contributed by atoms with Crippen LogP contribution in [0.4, 0.5) is 20.3 Å². The topological polar surface area (TPSA) is 96.3 Å². The van der Waals surface area contributed by atoms with E-state index in [0.717, 1.165) is 12.0 Å². The average Bonchev–Trinajstić information content (AvgIpc) is 3.83. The Bertz CT molecular complexity index is 1950. The van der Waals surface area contributed by atoms with Crippen LogP contribution in [0.3, 0.4) is 0 Å². The van der Waals surface area contributed by atoms with Crippen LogP contribution >= 0.6 is 0 Å². The second-order valence-electron chi connectivity index (χ2n) is 12.0. The summed E-state index contributed by atoms with van der Waals surface area (Å²) in [4.78, 5) is 44.3. The molecule has 3 aliphatic rings. The smallest absolute Gasteiger partial charge is 0.355 e. The Morgan fingerprint density at radius 3 is 2.73 bits per heavy atom. The number of carbonyl (C=O) groups is 1. The summed E-state index contributed by atoms with van der Waals surface area (Å²) in [6.45, 7) is 8.99. The number of benzene rings is 1. The fourth-order valence-electron chi connectivity index (χ4n) is 6.47. The van der Waals surface area contributed by atoms with Crippen molar-refractivity contribution >= 4 is 28.4 Å². The number of carbonyl (C=O) groups excluding carboxylic acids is 1. The van der Waals surface area contributed by atoms with Crippen molar-refractivity contribution in [1.82, 2.24) is 24.4 Å². The van der Waals surface area contributed by atoms with E-state index in [1.54, 1.807) is 23.2 Å². The normalized spacial score (nSPS) is 19.8. The first-order chi connectivity index (χ1) is 21.7. The highest BCUT2D eigenvalue weighted by atomic mass is 19.1. The Labute approximate surface area is 258 Å². The molecule has 7 rings (SSSR count). The molecule has 45 heavy (non-hydrogen) atoms. The quantitative estimate of drug-likeness (QED) is 0.254. The van der Waals surface area contributed by atoms with Gasteiger partial charge in [-0.15, -0.1) is 0 Å². The van der Waals surface area contributed by atoms with Crippen LogP contribution in [0.25, 0.3) is 28.0 Å². The highest BCUT2D eigenvalue weighted by Crippen LogP contribution is 2.41. The molecule has 1 saturated heterocycles. The SMILES string of the molecule is C=CC(=O)N1CCN(c2nc(=O)n3c4nc(c(F)cc24)-c2cc(ccc2F)NCC/C=C/Cc2cnc(C(C)C)c-3c2)C2CC21. The van der Waals surface area contributed by atoms with Gasteiger partial charge in [0, 0.05) is 37.1 Å². The minimum absolute atomic E-state index is 0.0193. The zero-order chi connectivity index (χ0) is 31.4. The van der Waals surface area contributed by atoms with Gasteiger partial charge in [-0.2, -0.15) is 4.98 Å². The van der Waals surface area contributed by atoms with E-state index in [0.29, 0.717) is 60.7 Å². The number of anilines is 2. The van der Waals surface area contributed by atoms with Crippen LogP contribution in [0.2, 0.25) is 0 Å². The Morgan fingerprint density at radius 2 is 1.93 bits per heavy atom. The highest BCUT2D eigenvalue weighted by molar-refractivity contribution is 5.92. The molecule has 5 heterocycles. The van der Waals surface area contributed by atoms with Crippen LogP contribution in [0.5, 0.6) is 0 Å². The Kier molecular flexibility index (Phi) is 7.18. The summed E-state index contributed by atoms with van der Waals surface area (Å²) in [5.74, 6) is -1.27. The number of piperazine rings is 1. The summed E-state index contributed by atoms with van der Waals surface area (Å²) in [5.41, 5.74) is 2.01. The molecule has 11 heteroatoms. The van der Waals surface area contributed by atoms with Crippen molar-refractivity contribution in [2.24, 2.45) is 0 Å². The highest BCUT2D eigenvalue weighted by Gasteiger charge is 2.51. The fourth-order valence-corrected chi connectivity index (χ4v) is 6.47. The molecule has 1 N–H and O–H groups in total. The molecule has 0 radical (unpaired) electrons. The number of hydrogen-bond acceptors (Lipinski definition) is 7. The van der Waals surface area contributed by atoms with Gasteiger partial charge in [0.25, 0.3) is 0 Å². The van der Waals surface area contributed by atoms with Crippen molar-refractivity contribution in [3.8, 4) is 16.9 Å². The number of fused-ring (bicyclic) bond motifs is 8. The molecule has 0 spiro atoms. The first-order valence-electron chi connectivity index (χ1n) is 15.3. The van der Waals surface area contributed by atoms with Gasteiger partial charge in [-0.1, -0.05) is 32.6 Å². The number of rotatable bonds is 3.